The summed E-state index contributed by atoms with van der Waals surface area (Å²) in [4.78, 5) is 13.5. The Labute approximate surface area is 810 Å². The summed E-state index contributed by atoms with van der Waals surface area (Å²) in [6.07, 6.45) is 51.8. The van der Waals surface area contributed by atoms with Gasteiger partial charge in [-0.1, -0.05) is 369 Å². The van der Waals surface area contributed by atoms with Crippen molar-refractivity contribution in [2.24, 2.45) is 0 Å². The summed E-state index contributed by atoms with van der Waals surface area (Å²) in [5.41, 5.74) is 5.64. The maximum absolute atomic E-state index is 17.8. The second-order valence-corrected chi connectivity index (χ2v) is 47.1. The van der Waals surface area contributed by atoms with Crippen LogP contribution in [0.1, 0.15) is 373 Å². The van der Waals surface area contributed by atoms with Crippen molar-refractivity contribution >= 4 is 51.6 Å². The lowest BCUT2D eigenvalue weighted by atomic mass is 9.63. The van der Waals surface area contributed by atoms with Gasteiger partial charge in [0.15, 0.2) is 0 Å². The van der Waals surface area contributed by atoms with Crippen molar-refractivity contribution in [1.29, 1.82) is 0 Å². The van der Waals surface area contributed by atoms with E-state index < -0.39 is 52.0 Å². The van der Waals surface area contributed by atoms with Crippen molar-refractivity contribution < 1.29 is 54.5 Å². The highest BCUT2D eigenvalue weighted by atomic mass is 31.2. The van der Waals surface area contributed by atoms with Crippen LogP contribution in [0, 0.1) is 0 Å². The number of fused-ring (bicyclic) bond motifs is 12. The number of allylic oxidation sites excluding steroid dienone is 4. The highest BCUT2D eigenvalue weighted by Crippen LogP contribution is 2.64. The predicted molar refractivity (Wildman–Crippen MR) is 556 cm³/mol. The van der Waals surface area contributed by atoms with E-state index in [0.29, 0.717) is 43.2 Å². The van der Waals surface area contributed by atoms with Crippen LogP contribution in [0.4, 0.5) is 0 Å². The number of benzene rings is 8. The summed E-state index contributed by atoms with van der Waals surface area (Å²) in [5, 5.41) is 0.987. The minimum absolute atomic E-state index is 0.0894. The normalized spacial score (nSPS) is 22.5. The van der Waals surface area contributed by atoms with Crippen LogP contribution < -0.4 is 57.4 Å². The van der Waals surface area contributed by atoms with Crippen molar-refractivity contribution in [2.45, 2.75) is 338 Å². The third kappa shape index (κ3) is 21.9. The van der Waals surface area contributed by atoms with E-state index >= 15 is 18.3 Å². The van der Waals surface area contributed by atoms with Gasteiger partial charge in [-0.2, -0.15) is 0 Å². The molecule has 8 heterocycles. The van der Waals surface area contributed by atoms with Gasteiger partial charge in [-0.05, 0) is 199 Å². The molecular weight excluding hydrogens is 1760 g/mol. The summed E-state index contributed by atoms with van der Waals surface area (Å²) < 4.78 is 132. The molecule has 0 spiro atoms. The van der Waals surface area contributed by atoms with Crippen molar-refractivity contribution in [3.05, 3.63) is 310 Å². The Balaban J connectivity index is 1.02. The molecule has 24 bridgehead atoms. The molecule has 6 atom stereocenters. The number of rotatable bonds is 48. The minimum atomic E-state index is -4.81. The Morgan fingerprint density at radius 2 is 0.382 bits per heavy atom. The van der Waals surface area contributed by atoms with Crippen molar-refractivity contribution in [3.63, 3.8) is 0 Å². The van der Waals surface area contributed by atoms with E-state index in [1.165, 1.54) is 128 Å². The largest absolute Gasteiger partial charge is 0.462 e. The van der Waals surface area contributed by atoms with Gasteiger partial charge in [-0.25, -0.2) is 18.3 Å². The first-order chi connectivity index (χ1) is 66.6. The standard InChI is InChI=1S/C117H145N3O12P4/c1-5-9-13-17-21-25-29-33-37-53-73-114-90-65-66-91(77-90)115(74-54-38-34-30-26-22-18-14-10-6-2)93-79-97-87-99(81-93)128-135(123,106-61-49-43-50-62-106)130-101-83-95-85-103(89-101)132-136(124,107-63-51-44-52-64-107)131-102-84-94(82-100(88-102)129-134(122,105-59-47-42-48-60-105)127-98-80-92(114)78-96(86-98)125-133(121,126-97)104-57-45-41-46-58-104)116(110-69-67-108(114)118-110,75-55-39-35-31-27-23-19-15-11-7-3)112-71-72-113(120-112)117(95,111-70-68-109(115)119-111)76-56-40-36-32-28-24-20-16-12-8-4/h41-52,57-72,78-89,118-120H,5-40,53-56,73-77H2,1-4H3. The Kier molecular flexibility index (Phi) is 32.8. The molecule has 1 aliphatic carbocycles. The lowest BCUT2D eigenvalue weighted by Gasteiger charge is -2.41. The molecule has 0 radical (unpaired) electrons. The molecule has 8 aromatic carbocycles. The topological polar surface area (TPSA) is 189 Å². The number of unbranched alkanes of at least 4 members (excludes halogenated alkanes) is 36. The van der Waals surface area contributed by atoms with Crippen LogP contribution in [0.15, 0.2) is 254 Å². The summed E-state index contributed by atoms with van der Waals surface area (Å²) in [7, 11) is -19.2. The van der Waals surface area contributed by atoms with Gasteiger partial charge in [0.25, 0.3) is 0 Å². The monoisotopic (exact) mass is 1910 g/mol. The molecule has 0 amide bonds. The fourth-order valence-corrected chi connectivity index (χ4v) is 28.9. The number of aromatic nitrogens is 3. The van der Waals surface area contributed by atoms with Crippen LogP contribution >= 0.6 is 30.4 Å². The van der Waals surface area contributed by atoms with Crippen LogP contribution in [0.25, 0.3) is 0 Å². The quantitative estimate of drug-likeness (QED) is 0.0242. The summed E-state index contributed by atoms with van der Waals surface area (Å²) in [6, 6.07) is 73.0. The van der Waals surface area contributed by atoms with Gasteiger partial charge in [0.2, 0.25) is 0 Å². The Hall–Kier alpha value is -9.60. The number of aromatic amines is 3. The molecule has 15 nitrogen and oxygen atoms in total. The van der Waals surface area contributed by atoms with Crippen molar-refractivity contribution in [1.82, 2.24) is 15.0 Å². The van der Waals surface area contributed by atoms with Crippen LogP contribution in [0.2, 0.25) is 0 Å². The predicted octanol–water partition coefficient (Wildman–Crippen LogP) is 33.6. The lowest BCUT2D eigenvalue weighted by Crippen LogP contribution is -2.36. The van der Waals surface area contributed by atoms with Gasteiger partial charge in [0.1, 0.15) is 46.0 Å². The van der Waals surface area contributed by atoms with Crippen LogP contribution in [-0.2, 0) is 39.9 Å². The Morgan fingerprint density at radius 1 is 0.213 bits per heavy atom. The fourth-order valence-electron chi connectivity index (χ4n) is 22.7. The number of H-pyrrole nitrogens is 3. The average Bonchev–Trinajstić information content (AvgIpc) is 1.54. The fraction of sp³-hybridized carbons (Fsp3) is 0.453. The average molecular weight is 1910 g/mol. The summed E-state index contributed by atoms with van der Waals surface area (Å²) in [5.74, 6) is 0.787. The molecule has 6 unspecified atom stereocenters. The molecule has 11 aromatic rings. The lowest BCUT2D eigenvalue weighted by molar-refractivity contribution is 0.383. The molecule has 3 aromatic heterocycles. The number of hydrogen-bond acceptors (Lipinski definition) is 12. The van der Waals surface area contributed by atoms with E-state index in [1.54, 1.807) is 72.8 Å². The molecule has 0 saturated heterocycles. The van der Waals surface area contributed by atoms with Crippen LogP contribution in [0.3, 0.4) is 0 Å². The third-order valence-corrected chi connectivity index (χ3v) is 37.3. The first-order valence-electron chi connectivity index (χ1n) is 52.4. The van der Waals surface area contributed by atoms with Crippen molar-refractivity contribution in [2.75, 3.05) is 0 Å². The van der Waals surface area contributed by atoms with E-state index in [2.05, 4.69) is 91.2 Å². The molecule has 136 heavy (non-hydrogen) atoms. The molecule has 6 aliphatic rings. The molecule has 0 fully saturated rings. The maximum atomic E-state index is 17.8. The number of hydrogen-bond donors (Lipinski definition) is 3. The highest BCUT2D eigenvalue weighted by Gasteiger charge is 2.53. The zero-order valence-electron chi connectivity index (χ0n) is 81.1. The van der Waals surface area contributed by atoms with Crippen molar-refractivity contribution in [3.8, 4) is 46.0 Å². The van der Waals surface area contributed by atoms with Gasteiger partial charge in [0.05, 0.1) is 42.9 Å². The van der Waals surface area contributed by atoms with E-state index in [9.17, 15) is 0 Å². The first-order valence-corrected chi connectivity index (χ1v) is 58.6. The zero-order chi connectivity index (χ0) is 93.7. The van der Waals surface area contributed by atoms with Gasteiger partial charge in [0, 0.05) is 58.4 Å². The van der Waals surface area contributed by atoms with E-state index in [-0.39, 0.29) is 67.2 Å². The van der Waals surface area contributed by atoms with Gasteiger partial charge < -0.3 is 51.1 Å². The molecule has 17 rings (SSSR count). The molecule has 19 heteroatoms. The molecular formula is C117H145N3O12P4. The van der Waals surface area contributed by atoms with Crippen LogP contribution in [-0.4, -0.2) is 15.0 Å². The second kappa shape index (κ2) is 45.6. The molecule has 3 N–H and O–H groups in total. The third-order valence-electron chi connectivity index (χ3n) is 30.0. The van der Waals surface area contributed by atoms with E-state index in [4.69, 9.17) is 36.2 Å². The van der Waals surface area contributed by atoms with Crippen LogP contribution in [0.5, 0.6) is 46.0 Å². The smallest absolute Gasteiger partial charge is 0.413 e. The Morgan fingerprint density at radius 3 is 0.581 bits per heavy atom. The summed E-state index contributed by atoms with van der Waals surface area (Å²) >= 11 is 0. The molecule has 0 saturated carbocycles. The van der Waals surface area contributed by atoms with Gasteiger partial charge in [-0.15, -0.1) is 0 Å². The minimum Gasteiger partial charge on any atom is -0.413 e. The second-order valence-electron chi connectivity index (χ2n) is 39.6. The SMILES string of the molecule is CCCCCCCCCCCCC12C3=CC=C(C3)C3(CCCCCCCCCCCC)c4cc5cc(c4)OP(=O)(c4ccccc4)Oc4cc6cc(c4)C(CCCCCCCCCCCC)(c4ccc3[nH]4)c3ccc([nH]3)C(CCCCCCCCCCCC)(c3cc(cc(c3)OP(=O)(c3ccccc3)O6)OP(=O)(c3ccccc3)Oc3cc(cc1c3)OP(=O)(c1ccccc1)O5)c1ccc2[nH]1. The maximum Gasteiger partial charge on any atom is 0.462 e. The highest BCUT2D eigenvalue weighted by molar-refractivity contribution is 7.64. The summed E-state index contributed by atoms with van der Waals surface area (Å²) in [6.45, 7) is 9.12. The van der Waals surface area contributed by atoms with E-state index in [0.717, 1.165) is 185 Å². The van der Waals surface area contributed by atoms with Gasteiger partial charge in [-0.3, -0.25) is 0 Å². The zero-order valence-corrected chi connectivity index (χ0v) is 84.7. The number of nitrogens with one attached hydrogen (secondary N) is 3. The molecule has 5 aliphatic heterocycles. The van der Waals surface area contributed by atoms with E-state index in [1.807, 2.05) is 121 Å². The Bertz CT molecular complexity index is 5700. The first kappa shape index (κ1) is 98.0. The van der Waals surface area contributed by atoms with Gasteiger partial charge >= 0.3 is 30.4 Å². The molecule has 720 valence electrons.